The van der Waals surface area contributed by atoms with E-state index in [-0.39, 0.29) is 17.8 Å². The molecule has 5 heteroatoms. The van der Waals surface area contributed by atoms with Gasteiger partial charge in [-0.25, -0.2) is 4.39 Å². The Morgan fingerprint density at radius 2 is 1.82 bits per heavy atom. The fourth-order valence-corrected chi connectivity index (χ4v) is 5.10. The summed E-state index contributed by atoms with van der Waals surface area (Å²) in [7, 11) is 2.18. The lowest BCUT2D eigenvalue weighted by atomic mass is 9.89. The van der Waals surface area contributed by atoms with Gasteiger partial charge in [0.05, 0.1) is 0 Å². The van der Waals surface area contributed by atoms with Crippen molar-refractivity contribution in [1.82, 2.24) is 5.32 Å². The number of thiophene rings is 1. The van der Waals surface area contributed by atoms with Gasteiger partial charge in [0.15, 0.2) is 0 Å². The molecule has 0 bridgehead atoms. The molecule has 4 rings (SSSR count). The van der Waals surface area contributed by atoms with Gasteiger partial charge in [0.1, 0.15) is 5.82 Å². The van der Waals surface area contributed by atoms with Gasteiger partial charge in [0.25, 0.3) is 5.91 Å². The van der Waals surface area contributed by atoms with Crippen LogP contribution >= 0.6 is 11.3 Å². The van der Waals surface area contributed by atoms with E-state index >= 15 is 0 Å². The summed E-state index contributed by atoms with van der Waals surface area (Å²) in [5.41, 5.74) is 1.81. The van der Waals surface area contributed by atoms with E-state index in [0.29, 0.717) is 11.6 Å². The zero-order valence-corrected chi connectivity index (χ0v) is 17.1. The van der Waals surface area contributed by atoms with E-state index in [1.807, 2.05) is 11.3 Å². The second kappa shape index (κ2) is 7.92. The highest BCUT2D eigenvalue weighted by atomic mass is 32.1. The van der Waals surface area contributed by atoms with Crippen molar-refractivity contribution in [2.45, 2.75) is 44.7 Å². The monoisotopic (exact) mass is 396 g/mol. The Balaban J connectivity index is 1.38. The topological polar surface area (TPSA) is 32.3 Å². The van der Waals surface area contributed by atoms with Gasteiger partial charge in [-0.1, -0.05) is 6.07 Å². The molecule has 1 N–H and O–H groups in total. The van der Waals surface area contributed by atoms with Crippen molar-refractivity contribution in [2.24, 2.45) is 0 Å². The number of fused-ring (bicyclic) bond motifs is 1. The highest BCUT2D eigenvalue weighted by Gasteiger charge is 2.26. The second-order valence-electron chi connectivity index (χ2n) is 7.64. The number of rotatable bonds is 4. The number of benzene rings is 2. The molecular formula is C23H25FN2OS. The molecule has 1 saturated carbocycles. The maximum absolute atomic E-state index is 13.0. The summed E-state index contributed by atoms with van der Waals surface area (Å²) in [6.45, 7) is 2.16. The van der Waals surface area contributed by atoms with E-state index in [0.717, 1.165) is 25.7 Å². The first-order chi connectivity index (χ1) is 13.5. The number of amides is 1. The van der Waals surface area contributed by atoms with Crippen molar-refractivity contribution in [3.8, 4) is 0 Å². The quantitative estimate of drug-likeness (QED) is 0.629. The Morgan fingerprint density at radius 3 is 2.54 bits per heavy atom. The summed E-state index contributed by atoms with van der Waals surface area (Å²) in [4.78, 5) is 16.1. The Bertz CT molecular complexity index is 974. The largest absolute Gasteiger partial charge is 0.371 e. The molecule has 1 amide bonds. The molecule has 1 aromatic heterocycles. The molecule has 0 spiro atoms. The van der Waals surface area contributed by atoms with Crippen molar-refractivity contribution in [3.63, 3.8) is 0 Å². The predicted molar refractivity (Wildman–Crippen MR) is 115 cm³/mol. The molecule has 1 heterocycles. The lowest BCUT2D eigenvalue weighted by molar-refractivity contribution is 0.0926. The first kappa shape index (κ1) is 18.9. The van der Waals surface area contributed by atoms with Gasteiger partial charge >= 0.3 is 0 Å². The minimum Gasteiger partial charge on any atom is -0.371 e. The summed E-state index contributed by atoms with van der Waals surface area (Å²) >= 11 is 1.84. The molecule has 0 radical (unpaired) electrons. The normalized spacial score (nSPS) is 19.5. The van der Waals surface area contributed by atoms with Gasteiger partial charge in [-0.15, -0.1) is 11.3 Å². The summed E-state index contributed by atoms with van der Waals surface area (Å²) in [6, 6.07) is 15.2. The first-order valence-corrected chi connectivity index (χ1v) is 10.6. The average molecular weight is 397 g/mol. The molecule has 3 nitrogen and oxygen atoms in total. The minimum absolute atomic E-state index is 0.115. The molecule has 2 aromatic carbocycles. The van der Waals surface area contributed by atoms with Gasteiger partial charge in [-0.3, -0.25) is 4.79 Å². The number of carbonyl (C=O) groups is 1. The summed E-state index contributed by atoms with van der Waals surface area (Å²) in [5, 5.41) is 4.44. The van der Waals surface area contributed by atoms with Crippen LogP contribution in [0.2, 0.25) is 0 Å². The fourth-order valence-electron chi connectivity index (χ4n) is 4.15. The van der Waals surface area contributed by atoms with Gasteiger partial charge in [-0.05, 0) is 75.1 Å². The molecule has 1 fully saturated rings. The van der Waals surface area contributed by atoms with Crippen molar-refractivity contribution in [2.75, 3.05) is 11.9 Å². The van der Waals surface area contributed by atoms with Gasteiger partial charge in [-0.2, -0.15) is 0 Å². The number of anilines is 1. The molecule has 0 aliphatic heterocycles. The fraction of sp³-hybridized carbons (Fsp3) is 0.348. The van der Waals surface area contributed by atoms with E-state index in [4.69, 9.17) is 0 Å². The van der Waals surface area contributed by atoms with Crippen LogP contribution in [0, 0.1) is 12.7 Å². The molecule has 0 unspecified atom stereocenters. The molecule has 1 aliphatic rings. The number of halogens is 1. The predicted octanol–water partition coefficient (Wildman–Crippen LogP) is 5.53. The van der Waals surface area contributed by atoms with E-state index in [1.54, 1.807) is 0 Å². The van der Waals surface area contributed by atoms with E-state index in [9.17, 15) is 9.18 Å². The van der Waals surface area contributed by atoms with Crippen LogP contribution in [-0.4, -0.2) is 25.0 Å². The smallest absolute Gasteiger partial charge is 0.251 e. The van der Waals surface area contributed by atoms with Gasteiger partial charge < -0.3 is 10.2 Å². The summed E-state index contributed by atoms with van der Waals surface area (Å²) in [6.07, 6.45) is 4.01. The van der Waals surface area contributed by atoms with Crippen LogP contribution in [-0.2, 0) is 0 Å². The standard InChI is InChI=1S/C23H25FN2OS/c1-15-14-20-21(4-3-5-22(20)28-15)26(2)19-12-10-18(11-13-19)25-23(27)16-6-8-17(24)9-7-16/h3-9,14,18-19H,10-13H2,1-2H3,(H,25,27)/t18-,19+. The number of nitrogens with one attached hydrogen (secondary N) is 1. The van der Waals surface area contributed by atoms with Crippen molar-refractivity contribution in [3.05, 3.63) is 64.8 Å². The highest BCUT2D eigenvalue weighted by Crippen LogP contribution is 2.35. The number of hydrogen-bond donors (Lipinski definition) is 1. The molecule has 146 valence electrons. The van der Waals surface area contributed by atoms with Crippen LogP contribution in [0.25, 0.3) is 10.1 Å². The van der Waals surface area contributed by atoms with Crippen LogP contribution in [0.15, 0.2) is 48.5 Å². The van der Waals surface area contributed by atoms with Crippen LogP contribution in [0.4, 0.5) is 10.1 Å². The van der Waals surface area contributed by atoms with E-state index in [2.05, 4.69) is 48.5 Å². The molecule has 3 aromatic rings. The van der Waals surface area contributed by atoms with Crippen molar-refractivity contribution < 1.29 is 9.18 Å². The third-order valence-corrected chi connectivity index (χ3v) is 6.74. The van der Waals surface area contributed by atoms with Crippen LogP contribution in [0.3, 0.4) is 0 Å². The number of carbonyl (C=O) groups excluding carboxylic acids is 1. The van der Waals surface area contributed by atoms with Gasteiger partial charge in [0, 0.05) is 45.3 Å². The van der Waals surface area contributed by atoms with Crippen molar-refractivity contribution in [1.29, 1.82) is 0 Å². The highest BCUT2D eigenvalue weighted by molar-refractivity contribution is 7.19. The zero-order chi connectivity index (χ0) is 19.7. The number of hydrogen-bond acceptors (Lipinski definition) is 3. The van der Waals surface area contributed by atoms with E-state index < -0.39 is 0 Å². The molecule has 0 atom stereocenters. The Hall–Kier alpha value is -2.40. The zero-order valence-electron chi connectivity index (χ0n) is 16.2. The molecule has 0 saturated heterocycles. The second-order valence-corrected chi connectivity index (χ2v) is 8.93. The Kier molecular flexibility index (Phi) is 5.36. The SMILES string of the molecule is Cc1cc2c(N(C)[C@H]3CC[C@@H](NC(=O)c4ccc(F)cc4)CC3)cccc2s1. The van der Waals surface area contributed by atoms with Crippen molar-refractivity contribution >= 4 is 33.0 Å². The maximum atomic E-state index is 13.0. The molecular weight excluding hydrogens is 371 g/mol. The first-order valence-electron chi connectivity index (χ1n) is 9.79. The minimum atomic E-state index is -0.323. The molecule has 1 aliphatic carbocycles. The van der Waals surface area contributed by atoms with Crippen LogP contribution in [0.1, 0.15) is 40.9 Å². The summed E-state index contributed by atoms with van der Waals surface area (Å²) in [5.74, 6) is -0.439. The lowest BCUT2D eigenvalue weighted by Gasteiger charge is -2.36. The number of nitrogens with zero attached hydrogens (tertiary/aromatic N) is 1. The van der Waals surface area contributed by atoms with Gasteiger partial charge in [0.2, 0.25) is 0 Å². The summed E-state index contributed by atoms with van der Waals surface area (Å²) < 4.78 is 14.4. The Morgan fingerprint density at radius 1 is 1.11 bits per heavy atom. The molecule has 28 heavy (non-hydrogen) atoms. The third-order valence-electron chi connectivity index (χ3n) is 5.73. The third kappa shape index (κ3) is 3.90. The van der Waals surface area contributed by atoms with Crippen LogP contribution < -0.4 is 10.2 Å². The maximum Gasteiger partial charge on any atom is 0.251 e. The lowest BCUT2D eigenvalue weighted by Crippen LogP contribution is -2.43. The Labute approximate surface area is 169 Å². The van der Waals surface area contributed by atoms with Crippen LogP contribution in [0.5, 0.6) is 0 Å². The average Bonchev–Trinajstić information content (AvgIpc) is 3.08. The van der Waals surface area contributed by atoms with E-state index in [1.165, 1.54) is 44.9 Å². The number of aryl methyl sites for hydroxylation is 1.